The van der Waals surface area contributed by atoms with Crippen LogP contribution < -0.4 is 4.90 Å². The van der Waals surface area contributed by atoms with E-state index in [2.05, 4.69) is 15.9 Å². The molecule has 1 aliphatic heterocycles. The number of hydrogen-bond acceptors (Lipinski definition) is 3. The minimum absolute atomic E-state index is 0.321. The summed E-state index contributed by atoms with van der Waals surface area (Å²) in [6, 6.07) is 7.93. The molecule has 0 amide bonds. The molecule has 1 aliphatic rings. The third kappa shape index (κ3) is 3.24. The van der Waals surface area contributed by atoms with Crippen molar-refractivity contribution in [2.75, 3.05) is 37.6 Å². The van der Waals surface area contributed by atoms with Crippen molar-refractivity contribution in [1.29, 1.82) is 0 Å². The first kappa shape index (κ1) is 13.4. The van der Waals surface area contributed by atoms with Crippen molar-refractivity contribution in [1.82, 2.24) is 4.90 Å². The molecule has 0 radical (unpaired) electrons. The van der Waals surface area contributed by atoms with Crippen LogP contribution in [0.25, 0.3) is 0 Å². The van der Waals surface area contributed by atoms with E-state index in [1.54, 1.807) is 0 Å². The largest absolute Gasteiger partial charge is 0.368 e. The third-order valence-electron chi connectivity index (χ3n) is 3.36. The van der Waals surface area contributed by atoms with Gasteiger partial charge in [-0.3, -0.25) is 9.69 Å². The van der Waals surface area contributed by atoms with Gasteiger partial charge >= 0.3 is 0 Å². The van der Waals surface area contributed by atoms with Gasteiger partial charge < -0.3 is 4.90 Å². The second-order valence-corrected chi connectivity index (χ2v) is 5.01. The molecule has 0 aromatic heterocycles. The first-order valence-electron chi connectivity index (χ1n) is 6.44. The Kier molecular flexibility index (Phi) is 4.61. The van der Waals surface area contributed by atoms with Crippen molar-refractivity contribution in [2.45, 2.75) is 13.3 Å². The minimum atomic E-state index is 0.321. The Hall–Kier alpha value is -1.06. The number of ketones is 1. The molecule has 1 saturated heterocycles. The van der Waals surface area contributed by atoms with Crippen LogP contribution in [-0.2, 0) is 4.79 Å². The Morgan fingerprint density at radius 2 is 1.89 bits per heavy atom. The summed E-state index contributed by atoms with van der Waals surface area (Å²) in [5.41, 5.74) is 1.10. The summed E-state index contributed by atoms with van der Waals surface area (Å²) in [6.45, 7) is 6.23. The number of benzene rings is 1. The van der Waals surface area contributed by atoms with Crippen LogP contribution in [0.4, 0.5) is 5.69 Å². The fourth-order valence-corrected chi connectivity index (χ4v) is 2.47. The lowest BCUT2D eigenvalue weighted by molar-refractivity contribution is -0.119. The molecule has 4 heteroatoms. The maximum absolute atomic E-state index is 11.4. The van der Waals surface area contributed by atoms with Gasteiger partial charge in [0.05, 0.1) is 17.3 Å². The van der Waals surface area contributed by atoms with Gasteiger partial charge in [-0.2, -0.15) is 0 Å². The van der Waals surface area contributed by atoms with E-state index >= 15 is 0 Å². The van der Waals surface area contributed by atoms with Crippen molar-refractivity contribution in [2.24, 2.45) is 0 Å². The van der Waals surface area contributed by atoms with Gasteiger partial charge in [-0.1, -0.05) is 30.7 Å². The van der Waals surface area contributed by atoms with Gasteiger partial charge in [0, 0.05) is 32.6 Å². The van der Waals surface area contributed by atoms with Gasteiger partial charge in [-0.15, -0.1) is 0 Å². The SMILES string of the molecule is CCC(=O)CN1CCN(c2ccccc2Cl)CC1. The summed E-state index contributed by atoms with van der Waals surface area (Å²) in [6.07, 6.45) is 0.630. The second kappa shape index (κ2) is 6.21. The number of para-hydroxylation sites is 1. The topological polar surface area (TPSA) is 23.6 Å². The van der Waals surface area contributed by atoms with Crippen molar-refractivity contribution < 1.29 is 4.79 Å². The summed E-state index contributed by atoms with van der Waals surface area (Å²) < 4.78 is 0. The number of carbonyl (C=O) groups excluding carboxylic acids is 1. The number of Topliss-reactive ketones (excluding diaryl/α,β-unsaturated/α-hetero) is 1. The van der Waals surface area contributed by atoms with E-state index in [9.17, 15) is 4.79 Å². The first-order valence-corrected chi connectivity index (χ1v) is 6.82. The van der Waals surface area contributed by atoms with Gasteiger partial charge in [0.25, 0.3) is 0 Å². The van der Waals surface area contributed by atoms with Gasteiger partial charge in [0.15, 0.2) is 0 Å². The normalized spacial score (nSPS) is 16.9. The fourth-order valence-electron chi connectivity index (χ4n) is 2.22. The van der Waals surface area contributed by atoms with Crippen molar-refractivity contribution in [3.05, 3.63) is 29.3 Å². The molecule has 0 bridgehead atoms. The Balaban J connectivity index is 1.91. The summed E-state index contributed by atoms with van der Waals surface area (Å²) in [5.74, 6) is 0.321. The number of carbonyl (C=O) groups is 1. The van der Waals surface area contributed by atoms with Crippen LogP contribution in [0.15, 0.2) is 24.3 Å². The fraction of sp³-hybridized carbons (Fsp3) is 0.500. The second-order valence-electron chi connectivity index (χ2n) is 4.61. The van der Waals surface area contributed by atoms with Crippen molar-refractivity contribution in [3.8, 4) is 0 Å². The van der Waals surface area contributed by atoms with Crippen LogP contribution in [-0.4, -0.2) is 43.4 Å². The van der Waals surface area contributed by atoms with Gasteiger partial charge in [0.2, 0.25) is 0 Å². The Bertz CT molecular complexity index is 414. The lowest BCUT2D eigenvalue weighted by atomic mass is 10.2. The van der Waals surface area contributed by atoms with Crippen molar-refractivity contribution >= 4 is 23.1 Å². The summed E-state index contributed by atoms with van der Waals surface area (Å²) in [4.78, 5) is 15.9. The molecule has 1 heterocycles. The van der Waals surface area contributed by atoms with Gasteiger partial charge in [0.1, 0.15) is 5.78 Å². The van der Waals surface area contributed by atoms with E-state index in [0.717, 1.165) is 36.9 Å². The van der Waals surface area contributed by atoms with Gasteiger partial charge in [-0.25, -0.2) is 0 Å². The van der Waals surface area contributed by atoms with Crippen LogP contribution in [0.2, 0.25) is 5.02 Å². The van der Waals surface area contributed by atoms with E-state index < -0.39 is 0 Å². The minimum Gasteiger partial charge on any atom is -0.368 e. The molecule has 1 fully saturated rings. The Morgan fingerprint density at radius 3 is 2.50 bits per heavy atom. The molecule has 0 unspecified atom stereocenters. The number of hydrogen-bond donors (Lipinski definition) is 0. The number of anilines is 1. The predicted molar refractivity (Wildman–Crippen MR) is 75.4 cm³/mol. The lowest BCUT2D eigenvalue weighted by Gasteiger charge is -2.36. The highest BCUT2D eigenvalue weighted by atomic mass is 35.5. The van der Waals surface area contributed by atoms with E-state index in [-0.39, 0.29) is 0 Å². The monoisotopic (exact) mass is 266 g/mol. The maximum Gasteiger partial charge on any atom is 0.146 e. The highest BCUT2D eigenvalue weighted by Gasteiger charge is 2.19. The molecule has 3 nitrogen and oxygen atoms in total. The zero-order valence-corrected chi connectivity index (χ0v) is 11.5. The number of rotatable bonds is 4. The number of nitrogens with zero attached hydrogens (tertiary/aromatic N) is 2. The molecule has 0 atom stereocenters. The standard InChI is InChI=1S/C14H19ClN2O/c1-2-12(18)11-16-7-9-17(10-8-16)14-6-4-3-5-13(14)15/h3-6H,2,7-11H2,1H3. The highest BCUT2D eigenvalue weighted by molar-refractivity contribution is 6.33. The van der Waals surface area contributed by atoms with E-state index in [4.69, 9.17) is 11.6 Å². The van der Waals surface area contributed by atoms with Crippen LogP contribution >= 0.6 is 11.6 Å². The molecule has 18 heavy (non-hydrogen) atoms. The average Bonchev–Trinajstić information content (AvgIpc) is 2.40. The third-order valence-corrected chi connectivity index (χ3v) is 3.68. The molecule has 1 aromatic carbocycles. The van der Waals surface area contributed by atoms with Crippen LogP contribution in [0.5, 0.6) is 0 Å². The summed E-state index contributed by atoms with van der Waals surface area (Å²) >= 11 is 6.19. The quantitative estimate of drug-likeness (QED) is 0.836. The molecule has 2 rings (SSSR count). The summed E-state index contributed by atoms with van der Waals surface area (Å²) in [7, 11) is 0. The Labute approximate surface area is 113 Å². The molecule has 0 N–H and O–H groups in total. The zero-order chi connectivity index (χ0) is 13.0. The number of halogens is 1. The molecular weight excluding hydrogens is 248 g/mol. The Morgan fingerprint density at radius 1 is 1.22 bits per heavy atom. The molecule has 0 spiro atoms. The molecule has 0 saturated carbocycles. The summed E-state index contributed by atoms with van der Waals surface area (Å²) in [5, 5.41) is 0.801. The average molecular weight is 267 g/mol. The molecule has 0 aliphatic carbocycles. The van der Waals surface area contributed by atoms with Crippen LogP contribution in [0.3, 0.4) is 0 Å². The number of piperazine rings is 1. The highest BCUT2D eigenvalue weighted by Crippen LogP contribution is 2.25. The maximum atomic E-state index is 11.4. The molecule has 98 valence electrons. The molecule has 1 aromatic rings. The lowest BCUT2D eigenvalue weighted by Crippen LogP contribution is -2.48. The van der Waals surface area contributed by atoms with Gasteiger partial charge in [-0.05, 0) is 12.1 Å². The molecular formula is C14H19ClN2O. The van der Waals surface area contributed by atoms with Crippen molar-refractivity contribution in [3.63, 3.8) is 0 Å². The van der Waals surface area contributed by atoms with Crippen LogP contribution in [0.1, 0.15) is 13.3 Å². The van der Waals surface area contributed by atoms with E-state index in [1.165, 1.54) is 0 Å². The first-order chi connectivity index (χ1) is 8.70. The van der Waals surface area contributed by atoms with Crippen LogP contribution in [0, 0.1) is 0 Å². The zero-order valence-electron chi connectivity index (χ0n) is 10.7. The predicted octanol–water partition coefficient (Wildman–Crippen LogP) is 2.44. The smallest absolute Gasteiger partial charge is 0.146 e. The van der Waals surface area contributed by atoms with E-state index in [0.29, 0.717) is 18.7 Å². The van der Waals surface area contributed by atoms with E-state index in [1.807, 2.05) is 25.1 Å².